The third-order valence-electron chi connectivity index (χ3n) is 4.78. The summed E-state index contributed by atoms with van der Waals surface area (Å²) in [5.74, 6) is 5.66. The quantitative estimate of drug-likeness (QED) is 0.490. The second kappa shape index (κ2) is 11.3. The summed E-state index contributed by atoms with van der Waals surface area (Å²) in [6.07, 6.45) is -2.01. The number of hydrogen-bond donors (Lipinski definition) is 1. The van der Waals surface area contributed by atoms with Crippen LogP contribution in [0.1, 0.15) is 25.0 Å². The molecule has 6 heteroatoms. The van der Waals surface area contributed by atoms with Crippen molar-refractivity contribution in [3.63, 3.8) is 0 Å². The predicted octanol–water partition coefficient (Wildman–Crippen LogP) is 3.31. The molecule has 0 aromatic heterocycles. The minimum absolute atomic E-state index is 0.204. The molecule has 1 N–H and O–H groups in total. The Balaban J connectivity index is 1.46. The summed E-state index contributed by atoms with van der Waals surface area (Å²) in [5.41, 5.74) is 2.10. The Morgan fingerprint density at radius 2 is 1.65 bits per heavy atom. The maximum atomic E-state index is 10.5. The Morgan fingerprint density at radius 1 is 0.968 bits per heavy atom. The smallest absolute Gasteiger partial charge is 0.164 e. The van der Waals surface area contributed by atoms with Crippen molar-refractivity contribution in [1.29, 1.82) is 0 Å². The first-order valence-corrected chi connectivity index (χ1v) is 10.3. The number of methoxy groups -OCH3 is 1. The van der Waals surface area contributed by atoms with Gasteiger partial charge in [-0.05, 0) is 37.1 Å². The van der Waals surface area contributed by atoms with E-state index in [-0.39, 0.29) is 6.61 Å². The third kappa shape index (κ3) is 7.35. The van der Waals surface area contributed by atoms with Crippen LogP contribution in [-0.4, -0.2) is 49.5 Å². The first-order valence-electron chi connectivity index (χ1n) is 10.3. The summed E-state index contributed by atoms with van der Waals surface area (Å²) < 4.78 is 28.3. The van der Waals surface area contributed by atoms with Crippen molar-refractivity contribution in [3.05, 3.63) is 65.7 Å². The van der Waals surface area contributed by atoms with Crippen LogP contribution in [0.4, 0.5) is 0 Å². The van der Waals surface area contributed by atoms with Gasteiger partial charge in [0.05, 0.1) is 26.9 Å². The highest BCUT2D eigenvalue weighted by molar-refractivity contribution is 5.26. The molecular formula is C25H30O6. The monoisotopic (exact) mass is 426 g/mol. The molecule has 3 atom stereocenters. The molecular weight excluding hydrogens is 396 g/mol. The van der Waals surface area contributed by atoms with Crippen LogP contribution in [0.5, 0.6) is 5.75 Å². The van der Waals surface area contributed by atoms with E-state index in [4.69, 9.17) is 23.7 Å². The van der Waals surface area contributed by atoms with Crippen LogP contribution in [0, 0.1) is 11.8 Å². The minimum Gasteiger partial charge on any atom is -0.497 e. The summed E-state index contributed by atoms with van der Waals surface area (Å²) in [4.78, 5) is 0. The van der Waals surface area contributed by atoms with E-state index in [1.165, 1.54) is 0 Å². The van der Waals surface area contributed by atoms with E-state index in [1.807, 2.05) is 68.4 Å². The molecule has 1 fully saturated rings. The van der Waals surface area contributed by atoms with Crippen LogP contribution in [0.15, 0.2) is 54.6 Å². The largest absolute Gasteiger partial charge is 0.497 e. The highest BCUT2D eigenvalue weighted by Crippen LogP contribution is 2.30. The van der Waals surface area contributed by atoms with Gasteiger partial charge < -0.3 is 28.8 Å². The van der Waals surface area contributed by atoms with E-state index in [0.29, 0.717) is 19.8 Å². The van der Waals surface area contributed by atoms with Crippen molar-refractivity contribution in [2.75, 3.05) is 20.3 Å². The van der Waals surface area contributed by atoms with Gasteiger partial charge in [0.1, 0.15) is 30.7 Å². The van der Waals surface area contributed by atoms with Crippen LogP contribution in [0.3, 0.4) is 0 Å². The van der Waals surface area contributed by atoms with Gasteiger partial charge in [0.2, 0.25) is 0 Å². The Bertz CT molecular complexity index is 853. The van der Waals surface area contributed by atoms with Gasteiger partial charge in [0, 0.05) is 0 Å². The zero-order valence-electron chi connectivity index (χ0n) is 18.2. The fourth-order valence-electron chi connectivity index (χ4n) is 3.30. The maximum Gasteiger partial charge on any atom is 0.164 e. The summed E-state index contributed by atoms with van der Waals surface area (Å²) >= 11 is 0. The average Bonchev–Trinajstić information content (AvgIpc) is 3.09. The number of ether oxygens (including phenoxy) is 5. The summed E-state index contributed by atoms with van der Waals surface area (Å²) in [6.45, 7) is 5.03. The van der Waals surface area contributed by atoms with Crippen molar-refractivity contribution >= 4 is 0 Å². The SMILES string of the molecule is COc1ccc(COCC#CC(O)[C@@H]2OC(C)(C)O[C@H]2COCc2ccccc2)cc1. The van der Waals surface area contributed by atoms with Gasteiger partial charge in [-0.1, -0.05) is 54.3 Å². The molecule has 0 bridgehead atoms. The maximum absolute atomic E-state index is 10.5. The summed E-state index contributed by atoms with van der Waals surface area (Å²) in [6, 6.07) is 17.5. The van der Waals surface area contributed by atoms with E-state index >= 15 is 0 Å². The molecule has 1 heterocycles. The topological polar surface area (TPSA) is 66.4 Å². The molecule has 0 aliphatic carbocycles. The Hall–Kier alpha value is -2.40. The number of aliphatic hydroxyl groups is 1. The van der Waals surface area contributed by atoms with Crippen LogP contribution in [-0.2, 0) is 32.2 Å². The van der Waals surface area contributed by atoms with Crippen molar-refractivity contribution in [1.82, 2.24) is 0 Å². The molecule has 1 aliphatic rings. The molecule has 0 amide bonds. The lowest BCUT2D eigenvalue weighted by molar-refractivity contribution is -0.155. The predicted molar refractivity (Wildman–Crippen MR) is 116 cm³/mol. The Labute approximate surface area is 184 Å². The van der Waals surface area contributed by atoms with Gasteiger partial charge in [-0.2, -0.15) is 0 Å². The molecule has 31 heavy (non-hydrogen) atoms. The van der Waals surface area contributed by atoms with Gasteiger partial charge in [0.15, 0.2) is 5.79 Å². The van der Waals surface area contributed by atoms with Crippen LogP contribution in [0.25, 0.3) is 0 Å². The highest BCUT2D eigenvalue weighted by Gasteiger charge is 2.44. The minimum atomic E-state index is -1.00. The second-order valence-corrected chi connectivity index (χ2v) is 7.75. The fraction of sp³-hybridized carbons (Fsp3) is 0.440. The van der Waals surface area contributed by atoms with E-state index in [1.54, 1.807) is 7.11 Å². The zero-order chi connectivity index (χ0) is 22.1. The molecule has 1 saturated heterocycles. The van der Waals surface area contributed by atoms with Gasteiger partial charge in [0.25, 0.3) is 0 Å². The van der Waals surface area contributed by atoms with E-state index in [0.717, 1.165) is 16.9 Å². The normalized spacial score (nSPS) is 20.6. The van der Waals surface area contributed by atoms with Gasteiger partial charge >= 0.3 is 0 Å². The number of rotatable bonds is 9. The lowest BCUT2D eigenvalue weighted by atomic mass is 10.1. The van der Waals surface area contributed by atoms with Gasteiger partial charge in [-0.25, -0.2) is 0 Å². The molecule has 166 valence electrons. The third-order valence-corrected chi connectivity index (χ3v) is 4.78. The van der Waals surface area contributed by atoms with Crippen molar-refractivity contribution in [2.45, 2.75) is 51.2 Å². The van der Waals surface area contributed by atoms with Crippen LogP contribution >= 0.6 is 0 Å². The van der Waals surface area contributed by atoms with Gasteiger partial charge in [-0.15, -0.1) is 0 Å². The highest BCUT2D eigenvalue weighted by atomic mass is 16.8. The molecule has 6 nitrogen and oxygen atoms in total. The van der Waals surface area contributed by atoms with Crippen molar-refractivity contribution in [3.8, 4) is 17.6 Å². The van der Waals surface area contributed by atoms with Crippen molar-refractivity contribution in [2.24, 2.45) is 0 Å². The lowest BCUT2D eigenvalue weighted by Gasteiger charge is -2.18. The second-order valence-electron chi connectivity index (χ2n) is 7.75. The van der Waals surface area contributed by atoms with Crippen molar-refractivity contribution < 1.29 is 28.8 Å². The zero-order valence-corrected chi connectivity index (χ0v) is 18.2. The Morgan fingerprint density at radius 3 is 2.35 bits per heavy atom. The average molecular weight is 427 g/mol. The molecule has 1 unspecified atom stereocenters. The number of hydrogen-bond acceptors (Lipinski definition) is 6. The lowest BCUT2D eigenvalue weighted by Crippen LogP contribution is -2.37. The molecule has 0 spiro atoms. The first-order chi connectivity index (χ1) is 15.0. The standard InChI is InChI=1S/C25H30O6/c1-25(2)30-23(18-29-17-19-8-5-4-6-9-19)24(31-25)22(26)10-7-15-28-16-20-11-13-21(27-3)14-12-20/h4-6,8-9,11-14,22-24,26H,15-18H2,1-3H3/t22?,23-,24-/m0/s1. The molecule has 1 aliphatic heterocycles. The molecule has 3 rings (SSSR count). The number of aliphatic hydroxyl groups excluding tert-OH is 1. The Kier molecular flexibility index (Phi) is 8.47. The fourth-order valence-corrected chi connectivity index (χ4v) is 3.30. The first kappa shape index (κ1) is 23.3. The summed E-state index contributed by atoms with van der Waals surface area (Å²) in [7, 11) is 1.63. The molecule has 0 radical (unpaired) electrons. The molecule has 2 aromatic carbocycles. The van der Waals surface area contributed by atoms with E-state index in [2.05, 4.69) is 11.8 Å². The van der Waals surface area contributed by atoms with E-state index in [9.17, 15) is 5.11 Å². The summed E-state index contributed by atoms with van der Waals surface area (Å²) in [5, 5.41) is 10.5. The molecule has 0 saturated carbocycles. The van der Waals surface area contributed by atoms with Crippen LogP contribution < -0.4 is 4.74 Å². The van der Waals surface area contributed by atoms with Gasteiger partial charge in [-0.3, -0.25) is 0 Å². The van der Waals surface area contributed by atoms with E-state index < -0.39 is 24.1 Å². The van der Waals surface area contributed by atoms with Crippen LogP contribution in [0.2, 0.25) is 0 Å². The molecule has 2 aromatic rings. The number of benzene rings is 2.